The number of hydrogen-bond donors (Lipinski definition) is 0. The zero-order chi connectivity index (χ0) is 19.8. The molecule has 0 unspecified atom stereocenters. The molecule has 5 nitrogen and oxygen atoms in total. The van der Waals surface area contributed by atoms with Crippen LogP contribution in [0.4, 0.5) is 5.95 Å². The van der Waals surface area contributed by atoms with Crippen LogP contribution in [0, 0.1) is 0 Å². The minimum absolute atomic E-state index is 0.618. The molecule has 2 aliphatic rings. The van der Waals surface area contributed by atoms with Gasteiger partial charge in [-0.25, -0.2) is 9.97 Å². The minimum Gasteiger partial charge on any atom is -0.339 e. The van der Waals surface area contributed by atoms with E-state index in [1.54, 1.807) is 0 Å². The molecule has 150 valence electrons. The molecule has 0 spiro atoms. The highest BCUT2D eigenvalue weighted by atomic mass is 15.3. The minimum atomic E-state index is 0.618. The maximum Gasteiger partial charge on any atom is 0.225 e. The Labute approximate surface area is 173 Å². The van der Waals surface area contributed by atoms with Crippen molar-refractivity contribution in [3.05, 3.63) is 54.7 Å². The number of fused-ring (bicyclic) bond motifs is 1. The van der Waals surface area contributed by atoms with Gasteiger partial charge in [-0.1, -0.05) is 36.4 Å². The number of anilines is 1. The Bertz CT molecular complexity index is 1000. The Morgan fingerprint density at radius 2 is 1.79 bits per heavy atom. The number of rotatable bonds is 4. The molecule has 5 heteroatoms. The fraction of sp³-hybridized carbons (Fsp3) is 0.417. The van der Waals surface area contributed by atoms with Gasteiger partial charge < -0.3 is 9.80 Å². The first-order valence-corrected chi connectivity index (χ1v) is 10.6. The Morgan fingerprint density at radius 3 is 2.62 bits per heavy atom. The van der Waals surface area contributed by atoms with E-state index in [0.29, 0.717) is 12.1 Å². The van der Waals surface area contributed by atoms with Crippen molar-refractivity contribution in [2.75, 3.05) is 45.2 Å². The van der Waals surface area contributed by atoms with Crippen LogP contribution in [0.1, 0.15) is 12.8 Å². The molecule has 0 aliphatic carbocycles. The van der Waals surface area contributed by atoms with Crippen LogP contribution < -0.4 is 4.90 Å². The lowest BCUT2D eigenvalue weighted by atomic mass is 10.1. The van der Waals surface area contributed by atoms with Crippen molar-refractivity contribution in [2.45, 2.75) is 24.9 Å². The summed E-state index contributed by atoms with van der Waals surface area (Å²) in [4.78, 5) is 16.9. The van der Waals surface area contributed by atoms with Crippen LogP contribution in [0.15, 0.2) is 54.7 Å². The lowest BCUT2D eigenvalue weighted by Crippen LogP contribution is -2.39. The summed E-state index contributed by atoms with van der Waals surface area (Å²) < 4.78 is 0. The molecule has 0 radical (unpaired) electrons. The number of hydrogen-bond acceptors (Lipinski definition) is 5. The number of benzene rings is 2. The van der Waals surface area contributed by atoms with Crippen LogP contribution in [0.2, 0.25) is 0 Å². The predicted octanol–water partition coefficient (Wildman–Crippen LogP) is 3.51. The first kappa shape index (κ1) is 18.5. The van der Waals surface area contributed by atoms with E-state index in [1.165, 1.54) is 36.7 Å². The number of likely N-dealkylation sites (tertiary alicyclic amines) is 1. The van der Waals surface area contributed by atoms with E-state index >= 15 is 0 Å². The van der Waals surface area contributed by atoms with Crippen LogP contribution in [0.25, 0.3) is 22.0 Å². The van der Waals surface area contributed by atoms with Gasteiger partial charge in [0.05, 0.1) is 5.69 Å². The molecule has 2 atom stereocenters. The van der Waals surface area contributed by atoms with Gasteiger partial charge in [-0.3, -0.25) is 4.90 Å². The molecule has 5 rings (SSSR count). The third-order valence-electron chi connectivity index (χ3n) is 6.58. The van der Waals surface area contributed by atoms with Crippen molar-refractivity contribution in [1.82, 2.24) is 19.8 Å². The smallest absolute Gasteiger partial charge is 0.225 e. The SMILES string of the molecule is CN(C)[C@H]1CCN([C@H]2CCN(c3nccc(-c4ccc5ccccc5c4)n3)C2)C1. The van der Waals surface area contributed by atoms with Crippen molar-refractivity contribution < 1.29 is 0 Å². The van der Waals surface area contributed by atoms with Crippen LogP contribution in [0.3, 0.4) is 0 Å². The fourth-order valence-corrected chi connectivity index (χ4v) is 4.75. The lowest BCUT2D eigenvalue weighted by Gasteiger charge is -2.25. The average molecular weight is 388 g/mol. The second-order valence-electron chi connectivity index (χ2n) is 8.59. The highest BCUT2D eigenvalue weighted by Crippen LogP contribution is 2.27. The van der Waals surface area contributed by atoms with Crippen LogP contribution in [0.5, 0.6) is 0 Å². The Morgan fingerprint density at radius 1 is 0.931 bits per heavy atom. The molecule has 2 aliphatic heterocycles. The normalized spacial score (nSPS) is 22.8. The molecule has 3 heterocycles. The van der Waals surface area contributed by atoms with Gasteiger partial charge in [-0.15, -0.1) is 0 Å². The van der Waals surface area contributed by atoms with Gasteiger partial charge in [0.15, 0.2) is 0 Å². The molecule has 0 N–H and O–H groups in total. The quantitative estimate of drug-likeness (QED) is 0.685. The molecule has 0 saturated carbocycles. The van der Waals surface area contributed by atoms with Gasteiger partial charge in [0.25, 0.3) is 0 Å². The zero-order valence-electron chi connectivity index (χ0n) is 17.3. The lowest BCUT2D eigenvalue weighted by molar-refractivity contribution is 0.227. The van der Waals surface area contributed by atoms with Gasteiger partial charge in [0, 0.05) is 50.0 Å². The Kier molecular flexibility index (Phi) is 4.94. The van der Waals surface area contributed by atoms with Gasteiger partial charge >= 0.3 is 0 Å². The van der Waals surface area contributed by atoms with Crippen molar-refractivity contribution >= 4 is 16.7 Å². The highest BCUT2D eigenvalue weighted by Gasteiger charge is 2.34. The second-order valence-corrected chi connectivity index (χ2v) is 8.59. The summed E-state index contributed by atoms with van der Waals surface area (Å²) in [6.45, 7) is 4.46. The largest absolute Gasteiger partial charge is 0.339 e. The average Bonchev–Trinajstić information content (AvgIpc) is 3.43. The van der Waals surface area contributed by atoms with E-state index in [0.717, 1.165) is 30.3 Å². The molecule has 2 saturated heterocycles. The van der Waals surface area contributed by atoms with Gasteiger partial charge in [0.1, 0.15) is 0 Å². The first-order valence-electron chi connectivity index (χ1n) is 10.6. The van der Waals surface area contributed by atoms with Crippen molar-refractivity contribution in [3.63, 3.8) is 0 Å². The van der Waals surface area contributed by atoms with E-state index in [4.69, 9.17) is 4.98 Å². The Balaban J connectivity index is 1.32. The molecular weight excluding hydrogens is 358 g/mol. The fourth-order valence-electron chi connectivity index (χ4n) is 4.75. The van der Waals surface area contributed by atoms with E-state index in [9.17, 15) is 0 Å². The van der Waals surface area contributed by atoms with E-state index in [2.05, 4.69) is 76.2 Å². The van der Waals surface area contributed by atoms with E-state index < -0.39 is 0 Å². The maximum atomic E-state index is 4.92. The summed E-state index contributed by atoms with van der Waals surface area (Å²) in [5.41, 5.74) is 2.15. The number of aromatic nitrogens is 2. The summed E-state index contributed by atoms with van der Waals surface area (Å²) in [6, 6.07) is 18.3. The molecule has 2 fully saturated rings. The molecule has 0 bridgehead atoms. The maximum absolute atomic E-state index is 4.92. The van der Waals surface area contributed by atoms with Crippen molar-refractivity contribution in [2.24, 2.45) is 0 Å². The van der Waals surface area contributed by atoms with Crippen LogP contribution >= 0.6 is 0 Å². The van der Waals surface area contributed by atoms with E-state index in [1.807, 2.05) is 12.3 Å². The van der Waals surface area contributed by atoms with Crippen molar-refractivity contribution in [1.29, 1.82) is 0 Å². The topological polar surface area (TPSA) is 35.5 Å². The monoisotopic (exact) mass is 387 g/mol. The Hall–Kier alpha value is -2.50. The molecule has 3 aromatic rings. The molecule has 2 aromatic carbocycles. The standard InChI is InChI=1S/C24H29N5/c1-27(2)21-10-13-28(16-21)22-11-14-29(17-22)24-25-12-9-23(26-24)20-8-7-18-5-3-4-6-19(18)15-20/h3-9,12,15,21-22H,10-11,13-14,16-17H2,1-2H3/t21-,22-/m0/s1. The van der Waals surface area contributed by atoms with Gasteiger partial charge in [0.2, 0.25) is 5.95 Å². The third kappa shape index (κ3) is 3.72. The van der Waals surface area contributed by atoms with Crippen LogP contribution in [-0.4, -0.2) is 72.1 Å². The third-order valence-corrected chi connectivity index (χ3v) is 6.58. The first-order chi connectivity index (χ1) is 14.2. The highest BCUT2D eigenvalue weighted by molar-refractivity contribution is 5.86. The molecule has 29 heavy (non-hydrogen) atoms. The van der Waals surface area contributed by atoms with Crippen molar-refractivity contribution in [3.8, 4) is 11.3 Å². The number of likely N-dealkylation sites (N-methyl/N-ethyl adjacent to an activating group) is 1. The van der Waals surface area contributed by atoms with Crippen LogP contribution in [-0.2, 0) is 0 Å². The molecule has 0 amide bonds. The summed E-state index contributed by atoms with van der Waals surface area (Å²) in [5.74, 6) is 0.863. The summed E-state index contributed by atoms with van der Waals surface area (Å²) >= 11 is 0. The number of nitrogens with zero attached hydrogens (tertiary/aromatic N) is 5. The molecule has 1 aromatic heterocycles. The second kappa shape index (κ2) is 7.73. The summed E-state index contributed by atoms with van der Waals surface area (Å²) in [6.07, 6.45) is 4.37. The van der Waals surface area contributed by atoms with Gasteiger partial charge in [-0.05, 0) is 49.8 Å². The van der Waals surface area contributed by atoms with Gasteiger partial charge in [-0.2, -0.15) is 0 Å². The predicted molar refractivity (Wildman–Crippen MR) is 119 cm³/mol. The van der Waals surface area contributed by atoms with E-state index in [-0.39, 0.29) is 0 Å². The zero-order valence-corrected chi connectivity index (χ0v) is 17.3. The summed E-state index contributed by atoms with van der Waals surface area (Å²) in [7, 11) is 4.39. The summed E-state index contributed by atoms with van der Waals surface area (Å²) in [5, 5.41) is 2.51. The molecular formula is C24H29N5.